The van der Waals surface area contributed by atoms with E-state index in [1.807, 2.05) is 30.5 Å². The average molecular weight is 317 g/mol. The molecular formula is C14H9BrN2O2. The number of nitro groups is 1. The van der Waals surface area contributed by atoms with Gasteiger partial charge >= 0.3 is 0 Å². The molecule has 0 amide bonds. The molecule has 0 aliphatic heterocycles. The fourth-order valence-corrected chi connectivity index (χ4v) is 2.48. The summed E-state index contributed by atoms with van der Waals surface area (Å²) < 4.78 is 0.819. The van der Waals surface area contributed by atoms with Gasteiger partial charge in [-0.1, -0.05) is 28.1 Å². The number of hydrogen-bond acceptors (Lipinski definition) is 2. The maximum atomic E-state index is 11.1. The molecule has 1 aromatic heterocycles. The molecule has 0 aliphatic carbocycles. The van der Waals surface area contributed by atoms with Gasteiger partial charge in [-0.15, -0.1) is 0 Å². The van der Waals surface area contributed by atoms with Crippen molar-refractivity contribution >= 4 is 32.5 Å². The molecule has 3 rings (SSSR count). The van der Waals surface area contributed by atoms with Crippen molar-refractivity contribution in [3.05, 3.63) is 63.2 Å². The van der Waals surface area contributed by atoms with Crippen LogP contribution in [-0.4, -0.2) is 9.91 Å². The number of nitrogens with zero attached hydrogens (tertiary/aromatic N) is 1. The molecule has 0 unspecified atom stereocenters. The summed E-state index contributed by atoms with van der Waals surface area (Å²) in [5.74, 6) is 0. The van der Waals surface area contributed by atoms with Gasteiger partial charge in [0.05, 0.1) is 10.5 Å². The van der Waals surface area contributed by atoms with Gasteiger partial charge in [0.15, 0.2) is 0 Å². The van der Waals surface area contributed by atoms with Crippen molar-refractivity contribution in [2.24, 2.45) is 0 Å². The fraction of sp³-hybridized carbons (Fsp3) is 0. The number of nitrogens with one attached hydrogen (secondary N) is 1. The Hall–Kier alpha value is -2.14. The summed E-state index contributed by atoms with van der Waals surface area (Å²) >= 11 is 3.35. The Morgan fingerprint density at radius 1 is 1.11 bits per heavy atom. The summed E-state index contributed by atoms with van der Waals surface area (Å²) in [6.45, 7) is 0. The van der Waals surface area contributed by atoms with Crippen LogP contribution < -0.4 is 0 Å². The summed E-state index contributed by atoms with van der Waals surface area (Å²) in [7, 11) is 0. The first kappa shape index (κ1) is 11.9. The number of fused-ring (bicyclic) bond motifs is 1. The lowest BCUT2D eigenvalue weighted by Gasteiger charge is -2.04. The van der Waals surface area contributed by atoms with E-state index in [2.05, 4.69) is 20.9 Å². The van der Waals surface area contributed by atoms with Crippen LogP contribution in [0.4, 0.5) is 5.69 Å². The SMILES string of the molecule is O=[N+]([O-])c1ccc(Br)cc1-c1ccc2cc[nH]c2c1. The van der Waals surface area contributed by atoms with E-state index in [9.17, 15) is 10.1 Å². The van der Waals surface area contributed by atoms with Crippen molar-refractivity contribution in [1.82, 2.24) is 4.98 Å². The van der Waals surface area contributed by atoms with Crippen LogP contribution in [0, 0.1) is 10.1 Å². The normalized spacial score (nSPS) is 10.8. The zero-order chi connectivity index (χ0) is 13.4. The third kappa shape index (κ3) is 2.13. The van der Waals surface area contributed by atoms with E-state index in [4.69, 9.17) is 0 Å². The van der Waals surface area contributed by atoms with Crippen molar-refractivity contribution in [3.63, 3.8) is 0 Å². The van der Waals surface area contributed by atoms with Crippen LogP contribution in [0.2, 0.25) is 0 Å². The van der Waals surface area contributed by atoms with E-state index in [1.165, 1.54) is 6.07 Å². The lowest BCUT2D eigenvalue weighted by atomic mass is 10.0. The number of aromatic amines is 1. The van der Waals surface area contributed by atoms with Crippen LogP contribution in [0.25, 0.3) is 22.0 Å². The molecule has 5 heteroatoms. The van der Waals surface area contributed by atoms with E-state index in [-0.39, 0.29) is 10.6 Å². The van der Waals surface area contributed by atoms with Gasteiger partial charge in [-0.2, -0.15) is 0 Å². The Morgan fingerprint density at radius 2 is 1.95 bits per heavy atom. The minimum absolute atomic E-state index is 0.106. The minimum atomic E-state index is -0.360. The topological polar surface area (TPSA) is 58.9 Å². The molecule has 1 heterocycles. The summed E-state index contributed by atoms with van der Waals surface area (Å²) in [5, 5.41) is 12.2. The molecule has 0 radical (unpaired) electrons. The van der Waals surface area contributed by atoms with Crippen LogP contribution in [0.15, 0.2) is 53.1 Å². The third-order valence-corrected chi connectivity index (χ3v) is 3.51. The molecule has 94 valence electrons. The highest BCUT2D eigenvalue weighted by atomic mass is 79.9. The average Bonchev–Trinajstić information content (AvgIpc) is 2.85. The number of benzene rings is 2. The molecule has 0 fully saturated rings. The quantitative estimate of drug-likeness (QED) is 0.558. The highest BCUT2D eigenvalue weighted by Gasteiger charge is 2.15. The molecule has 0 spiro atoms. The molecule has 0 saturated heterocycles. The van der Waals surface area contributed by atoms with Crippen molar-refractivity contribution in [1.29, 1.82) is 0 Å². The Morgan fingerprint density at radius 3 is 2.74 bits per heavy atom. The lowest BCUT2D eigenvalue weighted by molar-refractivity contribution is -0.384. The summed E-state index contributed by atoms with van der Waals surface area (Å²) in [6, 6.07) is 12.7. The summed E-state index contributed by atoms with van der Waals surface area (Å²) in [4.78, 5) is 13.9. The van der Waals surface area contributed by atoms with E-state index in [0.29, 0.717) is 5.56 Å². The maximum Gasteiger partial charge on any atom is 0.277 e. The van der Waals surface area contributed by atoms with Crippen molar-refractivity contribution in [2.45, 2.75) is 0 Å². The standard InChI is InChI=1S/C14H9BrN2O2/c15-11-3-4-14(17(18)19)12(8-11)10-2-1-9-5-6-16-13(9)7-10/h1-8,16H. The Bertz CT molecular complexity index is 780. The van der Waals surface area contributed by atoms with Gasteiger partial charge in [0.25, 0.3) is 5.69 Å². The van der Waals surface area contributed by atoms with Gasteiger partial charge < -0.3 is 4.98 Å². The molecule has 0 bridgehead atoms. The van der Waals surface area contributed by atoms with Crippen molar-refractivity contribution < 1.29 is 4.92 Å². The van der Waals surface area contributed by atoms with E-state index in [1.54, 1.807) is 12.1 Å². The number of H-pyrrole nitrogens is 1. The van der Waals surface area contributed by atoms with Gasteiger partial charge in [-0.05, 0) is 35.2 Å². The maximum absolute atomic E-state index is 11.1. The predicted molar refractivity (Wildman–Crippen MR) is 78.1 cm³/mol. The van der Waals surface area contributed by atoms with Gasteiger partial charge in [-0.25, -0.2) is 0 Å². The van der Waals surface area contributed by atoms with E-state index < -0.39 is 0 Å². The second-order valence-electron chi connectivity index (χ2n) is 4.20. The number of nitro benzene ring substituents is 1. The Kier molecular flexibility index (Phi) is 2.83. The molecule has 0 aliphatic rings. The monoisotopic (exact) mass is 316 g/mol. The number of aromatic nitrogens is 1. The first-order chi connectivity index (χ1) is 9.15. The van der Waals surface area contributed by atoms with Gasteiger partial charge in [-0.3, -0.25) is 10.1 Å². The summed E-state index contributed by atoms with van der Waals surface area (Å²) in [5.41, 5.74) is 2.50. The van der Waals surface area contributed by atoms with Crippen LogP contribution in [0.1, 0.15) is 0 Å². The predicted octanol–water partition coefficient (Wildman–Crippen LogP) is 4.51. The third-order valence-electron chi connectivity index (χ3n) is 3.02. The fourth-order valence-electron chi connectivity index (χ4n) is 2.11. The first-order valence-electron chi connectivity index (χ1n) is 5.66. The highest BCUT2D eigenvalue weighted by molar-refractivity contribution is 9.10. The highest BCUT2D eigenvalue weighted by Crippen LogP contribution is 2.33. The van der Waals surface area contributed by atoms with Gasteiger partial charge in [0, 0.05) is 22.3 Å². The van der Waals surface area contributed by atoms with Crippen LogP contribution in [0.5, 0.6) is 0 Å². The largest absolute Gasteiger partial charge is 0.361 e. The Balaban J connectivity index is 2.24. The van der Waals surface area contributed by atoms with E-state index in [0.717, 1.165) is 20.9 Å². The van der Waals surface area contributed by atoms with Gasteiger partial charge in [0.1, 0.15) is 0 Å². The summed E-state index contributed by atoms with van der Waals surface area (Å²) in [6.07, 6.45) is 1.85. The molecular weight excluding hydrogens is 308 g/mol. The van der Waals surface area contributed by atoms with Crippen LogP contribution in [-0.2, 0) is 0 Å². The zero-order valence-corrected chi connectivity index (χ0v) is 11.3. The lowest BCUT2D eigenvalue weighted by Crippen LogP contribution is -1.92. The molecule has 4 nitrogen and oxygen atoms in total. The van der Waals surface area contributed by atoms with E-state index >= 15 is 0 Å². The van der Waals surface area contributed by atoms with Crippen LogP contribution >= 0.6 is 15.9 Å². The number of halogens is 1. The molecule has 19 heavy (non-hydrogen) atoms. The number of hydrogen-bond donors (Lipinski definition) is 1. The minimum Gasteiger partial charge on any atom is -0.361 e. The Labute approximate surface area is 117 Å². The van der Waals surface area contributed by atoms with Crippen molar-refractivity contribution in [3.8, 4) is 11.1 Å². The first-order valence-corrected chi connectivity index (χ1v) is 6.46. The molecule has 0 atom stereocenters. The number of rotatable bonds is 2. The molecule has 3 aromatic rings. The second-order valence-corrected chi connectivity index (χ2v) is 5.11. The molecule has 2 aromatic carbocycles. The smallest absolute Gasteiger partial charge is 0.277 e. The van der Waals surface area contributed by atoms with Crippen LogP contribution in [0.3, 0.4) is 0 Å². The zero-order valence-electron chi connectivity index (χ0n) is 9.76. The van der Waals surface area contributed by atoms with Crippen molar-refractivity contribution in [2.75, 3.05) is 0 Å². The molecule has 0 saturated carbocycles. The second kappa shape index (κ2) is 4.51. The molecule has 1 N–H and O–H groups in total. The van der Waals surface area contributed by atoms with Gasteiger partial charge in [0.2, 0.25) is 0 Å².